The van der Waals surface area contributed by atoms with Gasteiger partial charge in [0.1, 0.15) is 18.9 Å². The van der Waals surface area contributed by atoms with Crippen molar-refractivity contribution in [3.8, 4) is 0 Å². The summed E-state index contributed by atoms with van der Waals surface area (Å²) in [5.74, 6) is -0.900. The molecule has 4 N–H and O–H groups in total. The fourth-order valence-corrected chi connectivity index (χ4v) is 5.88. The molecule has 256 valence electrons. The Morgan fingerprint density at radius 2 is 1.67 bits per heavy atom. The van der Waals surface area contributed by atoms with Gasteiger partial charge in [0.05, 0.1) is 6.04 Å². The van der Waals surface area contributed by atoms with E-state index in [1.165, 1.54) is 11.2 Å². The highest BCUT2D eigenvalue weighted by molar-refractivity contribution is 5.92. The van der Waals surface area contributed by atoms with Gasteiger partial charge in [0.25, 0.3) is 5.91 Å². The number of amides is 3. The summed E-state index contributed by atoms with van der Waals surface area (Å²) in [6, 6.07) is 24.4. The highest BCUT2D eigenvalue weighted by Gasteiger charge is 2.38. The van der Waals surface area contributed by atoms with E-state index in [9.17, 15) is 19.5 Å². The maximum absolute atomic E-state index is 14.2. The van der Waals surface area contributed by atoms with Gasteiger partial charge >= 0.3 is 6.09 Å². The molecule has 5 aromatic rings. The minimum absolute atomic E-state index is 0.00896. The van der Waals surface area contributed by atoms with Gasteiger partial charge < -0.3 is 34.8 Å². The number of aliphatic hydroxyl groups is 1. The number of nitrogens with one attached hydrogen (secondary N) is 3. The Morgan fingerprint density at radius 1 is 0.980 bits per heavy atom. The summed E-state index contributed by atoms with van der Waals surface area (Å²) in [4.78, 5) is 49.1. The van der Waals surface area contributed by atoms with E-state index in [4.69, 9.17) is 9.15 Å². The van der Waals surface area contributed by atoms with E-state index in [1.807, 2.05) is 80.7 Å². The lowest BCUT2D eigenvalue weighted by molar-refractivity contribution is -0.139. The van der Waals surface area contributed by atoms with Crippen molar-refractivity contribution in [3.63, 3.8) is 0 Å². The standard InChI is InChI=1S/C38H43N5O6/c1-4-43(37(46)31(21-25(2)3)42-38(47)49-23-26-13-7-5-8-14-26)33(27-15-9-6-10-16-27)34(44)36-41-32(24-48-36)35(45)39-20-19-28-22-40-30-18-12-11-17-29(28)30/h5-18,22,24-25,31,33-34,40,44H,4,19-21,23H2,1-3H3,(H,39,45)(H,42,47). The fraction of sp³-hybridized carbons (Fsp3) is 0.316. The summed E-state index contributed by atoms with van der Waals surface area (Å²) in [7, 11) is 0. The minimum Gasteiger partial charge on any atom is -0.445 e. The number of H-pyrrole nitrogens is 1. The van der Waals surface area contributed by atoms with Crippen LogP contribution in [0.25, 0.3) is 10.9 Å². The normalized spacial score (nSPS) is 13.1. The molecule has 11 heteroatoms. The molecule has 0 radical (unpaired) electrons. The monoisotopic (exact) mass is 665 g/mol. The van der Waals surface area contributed by atoms with Gasteiger partial charge in [-0.1, -0.05) is 92.7 Å². The van der Waals surface area contributed by atoms with Gasteiger partial charge in [0.15, 0.2) is 11.8 Å². The third-order valence-corrected chi connectivity index (χ3v) is 8.27. The molecule has 0 saturated carbocycles. The zero-order valence-electron chi connectivity index (χ0n) is 28.0. The van der Waals surface area contributed by atoms with Crippen LogP contribution in [0.3, 0.4) is 0 Å². The number of hydrogen-bond acceptors (Lipinski definition) is 7. The number of rotatable bonds is 15. The number of carbonyl (C=O) groups excluding carboxylic acids is 3. The first-order valence-corrected chi connectivity index (χ1v) is 16.5. The molecule has 0 aliphatic heterocycles. The second-order valence-corrected chi connectivity index (χ2v) is 12.2. The predicted octanol–water partition coefficient (Wildman–Crippen LogP) is 6.09. The highest BCUT2D eigenvalue weighted by Crippen LogP contribution is 2.35. The van der Waals surface area contributed by atoms with Gasteiger partial charge in [-0.05, 0) is 48.4 Å². The first-order valence-electron chi connectivity index (χ1n) is 16.5. The molecular weight excluding hydrogens is 622 g/mol. The van der Waals surface area contributed by atoms with Gasteiger partial charge in [0.2, 0.25) is 11.8 Å². The largest absolute Gasteiger partial charge is 0.445 e. The number of benzene rings is 3. The number of aromatic amines is 1. The summed E-state index contributed by atoms with van der Waals surface area (Å²) in [5.41, 5.74) is 3.57. The van der Waals surface area contributed by atoms with E-state index in [1.54, 1.807) is 31.2 Å². The molecule has 3 aromatic carbocycles. The molecule has 0 bridgehead atoms. The number of nitrogens with zero attached hydrogens (tertiary/aromatic N) is 2. The van der Waals surface area contributed by atoms with Crippen molar-refractivity contribution in [2.24, 2.45) is 5.92 Å². The Balaban J connectivity index is 1.30. The Morgan fingerprint density at radius 3 is 2.39 bits per heavy atom. The summed E-state index contributed by atoms with van der Waals surface area (Å²) in [6.45, 7) is 6.33. The molecule has 3 amide bonds. The van der Waals surface area contributed by atoms with Gasteiger partial charge in [-0.25, -0.2) is 9.78 Å². The Labute approximate surface area is 285 Å². The lowest BCUT2D eigenvalue weighted by atomic mass is 9.96. The minimum atomic E-state index is -1.43. The van der Waals surface area contributed by atoms with Gasteiger partial charge in [-0.3, -0.25) is 9.59 Å². The van der Waals surface area contributed by atoms with Crippen LogP contribution in [0.1, 0.15) is 72.4 Å². The summed E-state index contributed by atoms with van der Waals surface area (Å²) in [6.07, 6.45) is 1.94. The summed E-state index contributed by atoms with van der Waals surface area (Å²) >= 11 is 0. The molecule has 0 aliphatic rings. The smallest absolute Gasteiger partial charge is 0.408 e. The highest BCUT2D eigenvalue weighted by atomic mass is 16.5. The van der Waals surface area contributed by atoms with E-state index >= 15 is 0 Å². The first-order chi connectivity index (χ1) is 23.7. The van der Waals surface area contributed by atoms with E-state index in [0.717, 1.165) is 22.0 Å². The van der Waals surface area contributed by atoms with Crippen molar-refractivity contribution in [1.29, 1.82) is 0 Å². The number of carbonyl (C=O) groups is 3. The van der Waals surface area contributed by atoms with Crippen LogP contribution in [-0.4, -0.2) is 57.0 Å². The summed E-state index contributed by atoms with van der Waals surface area (Å²) < 4.78 is 11.1. The average molecular weight is 666 g/mol. The van der Waals surface area contributed by atoms with Crippen LogP contribution in [0, 0.1) is 5.92 Å². The Hall–Kier alpha value is -5.42. The number of likely N-dealkylation sites (N-methyl/N-ethyl adjacent to an activating group) is 1. The van der Waals surface area contributed by atoms with Gasteiger partial charge in [-0.15, -0.1) is 0 Å². The van der Waals surface area contributed by atoms with Crippen molar-refractivity contribution >= 4 is 28.8 Å². The van der Waals surface area contributed by atoms with Crippen molar-refractivity contribution in [3.05, 3.63) is 126 Å². The molecule has 49 heavy (non-hydrogen) atoms. The predicted molar refractivity (Wildman–Crippen MR) is 185 cm³/mol. The molecular formula is C38H43N5O6. The SMILES string of the molecule is CCN(C(=O)C(CC(C)C)NC(=O)OCc1ccccc1)C(c1ccccc1)C(O)c1nc(C(=O)NCCc2c[nH]c3ccccc23)co1. The Kier molecular flexibility index (Phi) is 11.8. The number of alkyl carbamates (subject to hydrolysis) is 1. The van der Waals surface area contributed by atoms with Crippen molar-refractivity contribution in [2.45, 2.75) is 58.4 Å². The van der Waals surface area contributed by atoms with Crippen LogP contribution in [0.15, 0.2) is 102 Å². The first kappa shape index (κ1) is 34.9. The van der Waals surface area contributed by atoms with E-state index in [0.29, 0.717) is 24.9 Å². The number of ether oxygens (including phenoxy) is 1. The second kappa shape index (κ2) is 16.6. The molecule has 0 fully saturated rings. The zero-order valence-corrected chi connectivity index (χ0v) is 28.0. The van der Waals surface area contributed by atoms with Crippen molar-refractivity contribution in [1.82, 2.24) is 25.5 Å². The topological polar surface area (TPSA) is 150 Å². The van der Waals surface area contributed by atoms with Crippen molar-refractivity contribution in [2.75, 3.05) is 13.1 Å². The number of aromatic nitrogens is 2. The molecule has 2 heterocycles. The van der Waals surface area contributed by atoms with Crippen LogP contribution in [0.2, 0.25) is 0 Å². The average Bonchev–Trinajstić information content (AvgIpc) is 3.78. The number of oxazole rings is 1. The van der Waals surface area contributed by atoms with Crippen LogP contribution in [0.5, 0.6) is 0 Å². The Bertz CT molecular complexity index is 1820. The molecule has 2 aromatic heterocycles. The van der Waals surface area contributed by atoms with E-state index in [2.05, 4.69) is 20.6 Å². The molecule has 5 rings (SSSR count). The lowest BCUT2D eigenvalue weighted by Crippen LogP contribution is -2.51. The molecule has 3 atom stereocenters. The second-order valence-electron chi connectivity index (χ2n) is 12.2. The van der Waals surface area contributed by atoms with Gasteiger partial charge in [0, 0.05) is 30.2 Å². The van der Waals surface area contributed by atoms with Gasteiger partial charge in [-0.2, -0.15) is 0 Å². The maximum Gasteiger partial charge on any atom is 0.408 e. The maximum atomic E-state index is 14.2. The van der Waals surface area contributed by atoms with Crippen LogP contribution in [-0.2, 0) is 22.6 Å². The van der Waals surface area contributed by atoms with Crippen LogP contribution < -0.4 is 10.6 Å². The lowest BCUT2D eigenvalue weighted by Gasteiger charge is -2.36. The molecule has 0 spiro atoms. The zero-order chi connectivity index (χ0) is 34.8. The van der Waals surface area contributed by atoms with E-state index in [-0.39, 0.29) is 30.7 Å². The molecule has 3 unspecified atom stereocenters. The number of aliphatic hydroxyl groups excluding tert-OH is 1. The molecule has 11 nitrogen and oxygen atoms in total. The number of hydrogen-bond donors (Lipinski definition) is 4. The van der Waals surface area contributed by atoms with Crippen LogP contribution in [0.4, 0.5) is 4.79 Å². The molecule has 0 aliphatic carbocycles. The van der Waals surface area contributed by atoms with Crippen LogP contribution >= 0.6 is 0 Å². The van der Waals surface area contributed by atoms with E-state index < -0.39 is 36.1 Å². The quantitative estimate of drug-likeness (QED) is 0.106. The number of fused-ring (bicyclic) bond motifs is 1. The molecule has 0 saturated heterocycles. The third-order valence-electron chi connectivity index (χ3n) is 8.27. The number of para-hydroxylation sites is 1. The third kappa shape index (κ3) is 8.94. The fourth-order valence-electron chi connectivity index (χ4n) is 5.88. The summed E-state index contributed by atoms with van der Waals surface area (Å²) in [5, 5.41) is 18.5. The van der Waals surface area contributed by atoms with Crippen molar-refractivity contribution < 1.29 is 28.6 Å².